The van der Waals surface area contributed by atoms with Crippen LogP contribution in [0.25, 0.3) is 0 Å². The third kappa shape index (κ3) is 7.80. The molecule has 0 radical (unpaired) electrons. The second-order valence-electron chi connectivity index (χ2n) is 9.36. The van der Waals surface area contributed by atoms with Gasteiger partial charge in [0, 0.05) is 24.8 Å². The smallest absolute Gasteiger partial charge is 0.407 e. The Hall–Kier alpha value is -3.41. The first-order chi connectivity index (χ1) is 16.7. The number of nitrogens with zero attached hydrogens (tertiary/aromatic N) is 1. The van der Waals surface area contributed by atoms with Crippen LogP contribution in [0.15, 0.2) is 29.3 Å². The lowest BCUT2D eigenvalue weighted by Gasteiger charge is -2.22. The predicted molar refractivity (Wildman–Crippen MR) is 127 cm³/mol. The molecule has 1 aliphatic rings. The van der Waals surface area contributed by atoms with Crippen molar-refractivity contribution in [3.8, 4) is 11.6 Å². The fourth-order valence-electron chi connectivity index (χ4n) is 2.89. The molecule has 10 nitrogen and oxygen atoms in total. The number of amides is 2. The second-order valence-corrected chi connectivity index (χ2v) is 9.77. The number of carbonyl (C=O) groups is 2. The van der Waals surface area contributed by atoms with E-state index >= 15 is 0 Å². The molecule has 13 heteroatoms. The Morgan fingerprint density at radius 2 is 2.00 bits per heavy atom. The number of alkyl halides is 2. The molecule has 0 saturated heterocycles. The van der Waals surface area contributed by atoms with E-state index in [1.165, 1.54) is 18.5 Å². The summed E-state index contributed by atoms with van der Waals surface area (Å²) < 4.78 is 41.8. The van der Waals surface area contributed by atoms with Gasteiger partial charge in [-0.1, -0.05) is 11.6 Å². The highest BCUT2D eigenvalue weighted by Crippen LogP contribution is 2.48. The summed E-state index contributed by atoms with van der Waals surface area (Å²) in [6, 6.07) is 2.01. The van der Waals surface area contributed by atoms with Gasteiger partial charge in [0.25, 0.3) is 11.8 Å². The first-order valence-electron chi connectivity index (χ1n) is 11.1. The van der Waals surface area contributed by atoms with Gasteiger partial charge in [0.15, 0.2) is 5.88 Å². The van der Waals surface area contributed by atoms with E-state index in [0.717, 1.165) is 6.07 Å². The molecule has 2 heterocycles. The molecule has 196 valence electrons. The van der Waals surface area contributed by atoms with Crippen LogP contribution < -0.4 is 25.5 Å². The van der Waals surface area contributed by atoms with Crippen molar-refractivity contribution >= 4 is 29.3 Å². The molecule has 1 aliphatic carbocycles. The van der Waals surface area contributed by atoms with Crippen LogP contribution >= 0.6 is 11.6 Å². The van der Waals surface area contributed by atoms with E-state index in [0.29, 0.717) is 0 Å². The highest BCUT2D eigenvalue weighted by molar-refractivity contribution is 6.34. The van der Waals surface area contributed by atoms with Gasteiger partial charge in [-0.3, -0.25) is 9.59 Å². The van der Waals surface area contributed by atoms with Gasteiger partial charge in [-0.15, -0.1) is 0 Å². The van der Waals surface area contributed by atoms with E-state index in [1.807, 2.05) is 0 Å². The van der Waals surface area contributed by atoms with E-state index in [9.17, 15) is 23.2 Å². The summed E-state index contributed by atoms with van der Waals surface area (Å²) in [5, 5.41) is 4.93. The Morgan fingerprint density at radius 3 is 2.58 bits per heavy atom. The van der Waals surface area contributed by atoms with Gasteiger partial charge in [0.05, 0.1) is 29.8 Å². The molecule has 36 heavy (non-hydrogen) atoms. The number of pyridine rings is 2. The number of alkyl carbamates (subject to hydrolysis) is 1. The molecule has 0 unspecified atom stereocenters. The molecule has 2 amide bonds. The number of rotatable bonds is 9. The van der Waals surface area contributed by atoms with Crippen molar-refractivity contribution in [2.24, 2.45) is 5.92 Å². The molecular weight excluding hydrogens is 502 g/mol. The first kappa shape index (κ1) is 27.2. The van der Waals surface area contributed by atoms with E-state index in [1.54, 1.807) is 27.7 Å². The molecule has 0 aliphatic heterocycles. The SMILES string of the molecule is C[C@@H](COc1cc(=O)c(NC(=O)c2ncc(OC[C@H]3CC3(F)F)cc2Cl)c[nH]1)NC(=O)OC(C)(C)C. The Labute approximate surface area is 210 Å². The summed E-state index contributed by atoms with van der Waals surface area (Å²) in [7, 11) is 0. The van der Waals surface area contributed by atoms with Crippen molar-refractivity contribution in [2.45, 2.75) is 51.7 Å². The molecule has 3 rings (SSSR count). The number of nitrogens with one attached hydrogen (secondary N) is 3. The molecule has 1 saturated carbocycles. The molecular formula is C23H27ClF2N4O6. The van der Waals surface area contributed by atoms with E-state index in [2.05, 4.69) is 20.6 Å². The zero-order valence-electron chi connectivity index (χ0n) is 20.1. The number of aromatic nitrogens is 2. The second kappa shape index (κ2) is 10.7. The summed E-state index contributed by atoms with van der Waals surface area (Å²) >= 11 is 6.09. The van der Waals surface area contributed by atoms with Crippen molar-refractivity contribution in [2.75, 3.05) is 18.5 Å². The van der Waals surface area contributed by atoms with Gasteiger partial charge < -0.3 is 29.8 Å². The third-order valence-corrected chi connectivity index (χ3v) is 5.11. The third-order valence-electron chi connectivity index (χ3n) is 4.82. The van der Waals surface area contributed by atoms with Crippen molar-refractivity contribution in [1.29, 1.82) is 0 Å². The van der Waals surface area contributed by atoms with E-state index < -0.39 is 40.9 Å². The number of halogens is 3. The van der Waals surface area contributed by atoms with Crippen molar-refractivity contribution in [3.63, 3.8) is 0 Å². The van der Waals surface area contributed by atoms with Crippen LogP contribution in [0.5, 0.6) is 11.6 Å². The van der Waals surface area contributed by atoms with E-state index in [-0.39, 0.29) is 47.7 Å². The lowest BCUT2D eigenvalue weighted by Crippen LogP contribution is -2.40. The minimum atomic E-state index is -2.71. The summed E-state index contributed by atoms with van der Waals surface area (Å²) in [6.45, 7) is 6.80. The van der Waals surface area contributed by atoms with Gasteiger partial charge in [-0.05, 0) is 27.7 Å². The summed E-state index contributed by atoms with van der Waals surface area (Å²) in [5.74, 6) is -4.04. The Kier molecular flexibility index (Phi) is 8.07. The highest BCUT2D eigenvalue weighted by Gasteiger charge is 2.57. The number of carbonyl (C=O) groups excluding carboxylic acids is 2. The van der Waals surface area contributed by atoms with Gasteiger partial charge in [-0.25, -0.2) is 18.6 Å². The summed E-state index contributed by atoms with van der Waals surface area (Å²) in [5.41, 5.74) is -1.45. The first-order valence-corrected chi connectivity index (χ1v) is 11.4. The molecule has 3 N–H and O–H groups in total. The maximum absolute atomic E-state index is 13.0. The largest absolute Gasteiger partial charge is 0.491 e. The molecule has 2 aromatic rings. The number of anilines is 1. The average molecular weight is 529 g/mol. The van der Waals surface area contributed by atoms with Gasteiger partial charge in [0.2, 0.25) is 5.43 Å². The topological polar surface area (TPSA) is 132 Å². The number of hydrogen-bond acceptors (Lipinski definition) is 7. The van der Waals surface area contributed by atoms with Crippen LogP contribution in [0, 0.1) is 5.92 Å². The zero-order valence-corrected chi connectivity index (χ0v) is 20.9. The molecule has 2 atom stereocenters. The Morgan fingerprint density at radius 1 is 1.31 bits per heavy atom. The molecule has 0 spiro atoms. The van der Waals surface area contributed by atoms with Crippen LogP contribution in [0.2, 0.25) is 5.02 Å². The summed E-state index contributed by atoms with van der Waals surface area (Å²) in [4.78, 5) is 43.4. The molecule has 0 bridgehead atoms. The van der Waals surface area contributed by atoms with Crippen LogP contribution in [-0.4, -0.2) is 52.7 Å². The van der Waals surface area contributed by atoms with Crippen LogP contribution in [-0.2, 0) is 4.74 Å². The van der Waals surface area contributed by atoms with Gasteiger partial charge >= 0.3 is 6.09 Å². The van der Waals surface area contributed by atoms with Crippen LogP contribution in [0.4, 0.5) is 19.3 Å². The highest BCUT2D eigenvalue weighted by atomic mass is 35.5. The standard InChI is InChI=1S/C23H27ClF2N4O6/c1-12(29-21(33)36-22(2,3)4)10-35-18-6-17(31)16(9-27-18)30-20(32)19-15(24)5-14(8-28-19)34-11-13-7-23(13,25)26/h5-6,8-9,12-13H,7,10-11H2,1-4H3,(H,27,31)(H,29,33)(H,30,32)/t12-,13+/m0/s1. The van der Waals surface area contributed by atoms with Crippen molar-refractivity contribution in [3.05, 3.63) is 45.5 Å². The minimum absolute atomic E-state index is 0.0488. The maximum atomic E-state index is 13.0. The minimum Gasteiger partial charge on any atom is -0.491 e. The number of ether oxygens (including phenoxy) is 3. The average Bonchev–Trinajstić information content (AvgIpc) is 3.37. The Balaban J connectivity index is 1.52. The van der Waals surface area contributed by atoms with Gasteiger partial charge in [0.1, 0.15) is 29.3 Å². The fourth-order valence-corrected chi connectivity index (χ4v) is 3.14. The number of aromatic amines is 1. The maximum Gasteiger partial charge on any atom is 0.407 e. The van der Waals surface area contributed by atoms with Crippen molar-refractivity contribution < 1.29 is 32.6 Å². The molecule has 2 aromatic heterocycles. The number of H-pyrrole nitrogens is 1. The summed E-state index contributed by atoms with van der Waals surface area (Å²) in [6.07, 6.45) is 1.61. The van der Waals surface area contributed by atoms with Crippen LogP contribution in [0.1, 0.15) is 44.6 Å². The number of hydrogen-bond donors (Lipinski definition) is 3. The molecule has 1 fully saturated rings. The predicted octanol–water partition coefficient (Wildman–Crippen LogP) is 4.00. The zero-order chi connectivity index (χ0) is 26.7. The lowest BCUT2D eigenvalue weighted by molar-refractivity contribution is 0.0493. The normalized spacial score (nSPS) is 17.0. The van der Waals surface area contributed by atoms with Crippen molar-refractivity contribution in [1.82, 2.24) is 15.3 Å². The van der Waals surface area contributed by atoms with Crippen LogP contribution in [0.3, 0.4) is 0 Å². The fraction of sp³-hybridized carbons (Fsp3) is 0.478. The Bertz CT molecular complexity index is 1180. The van der Waals surface area contributed by atoms with E-state index in [4.69, 9.17) is 25.8 Å². The quantitative estimate of drug-likeness (QED) is 0.448. The monoisotopic (exact) mass is 528 g/mol. The lowest BCUT2D eigenvalue weighted by atomic mass is 10.2. The van der Waals surface area contributed by atoms with Gasteiger partial charge in [-0.2, -0.15) is 0 Å². The molecule has 0 aromatic carbocycles.